The van der Waals surface area contributed by atoms with Crippen LogP contribution in [0.3, 0.4) is 0 Å². The minimum atomic E-state index is -3.45. The molecule has 1 saturated heterocycles. The molecule has 2 N–H and O–H groups in total. The molecule has 0 spiro atoms. The molecule has 0 aromatic heterocycles. The Balaban J connectivity index is 1.68. The van der Waals surface area contributed by atoms with Crippen LogP contribution in [0.1, 0.15) is 52.4 Å². The van der Waals surface area contributed by atoms with Crippen molar-refractivity contribution in [3.05, 3.63) is 0 Å². The number of hydrogen-bond acceptors (Lipinski definition) is 4. The van der Waals surface area contributed by atoms with E-state index in [1.165, 1.54) is 15.0 Å². The highest BCUT2D eigenvalue weighted by atomic mass is 32.2. The third-order valence-electron chi connectivity index (χ3n) is 5.51. The number of urea groups is 1. The van der Waals surface area contributed by atoms with E-state index >= 15 is 0 Å². The molecule has 0 atom stereocenters. The van der Waals surface area contributed by atoms with Crippen LogP contribution in [0.4, 0.5) is 4.79 Å². The van der Waals surface area contributed by atoms with Gasteiger partial charge < -0.3 is 15.5 Å². The van der Waals surface area contributed by atoms with Gasteiger partial charge in [0.2, 0.25) is 5.91 Å². The van der Waals surface area contributed by atoms with Crippen LogP contribution in [0, 0.1) is 0 Å². The lowest BCUT2D eigenvalue weighted by atomic mass is 9.96. The highest BCUT2D eigenvalue weighted by Gasteiger charge is 2.31. The molecule has 1 aliphatic heterocycles. The topological polar surface area (TPSA) is 102 Å². The molecular formula is C18H35N5O4S. The summed E-state index contributed by atoms with van der Waals surface area (Å²) in [5, 5.41) is 5.72. The molecule has 2 fully saturated rings. The van der Waals surface area contributed by atoms with Crippen molar-refractivity contribution in [3.63, 3.8) is 0 Å². The molecular weight excluding hydrogens is 382 g/mol. The van der Waals surface area contributed by atoms with Gasteiger partial charge in [-0.1, -0.05) is 33.1 Å². The Labute approximate surface area is 169 Å². The number of nitrogens with zero attached hydrogens (tertiary/aromatic N) is 3. The summed E-state index contributed by atoms with van der Waals surface area (Å²) < 4.78 is 27.9. The van der Waals surface area contributed by atoms with Crippen molar-refractivity contribution in [2.24, 2.45) is 0 Å². The van der Waals surface area contributed by atoms with Gasteiger partial charge in [0.1, 0.15) is 0 Å². The van der Waals surface area contributed by atoms with Gasteiger partial charge in [-0.3, -0.25) is 4.79 Å². The second-order valence-corrected chi connectivity index (χ2v) is 9.29. The van der Waals surface area contributed by atoms with E-state index in [1.54, 1.807) is 4.90 Å². The Morgan fingerprint density at radius 2 is 1.61 bits per heavy atom. The van der Waals surface area contributed by atoms with E-state index in [9.17, 15) is 18.0 Å². The average molecular weight is 418 g/mol. The highest BCUT2D eigenvalue weighted by Crippen LogP contribution is 2.17. The standard InChI is InChI=1S/C18H35N5O4S/c1-3-22(4-2)28(26,27)23-14-12-21(13-15-23)17(24)10-11-19-18(25)20-16-8-6-5-7-9-16/h16H,3-15H2,1-2H3,(H2,19,20,25). The summed E-state index contributed by atoms with van der Waals surface area (Å²) in [7, 11) is -3.45. The Morgan fingerprint density at radius 3 is 2.18 bits per heavy atom. The molecule has 3 amide bonds. The van der Waals surface area contributed by atoms with Crippen LogP contribution in [0.15, 0.2) is 0 Å². The summed E-state index contributed by atoms with van der Waals surface area (Å²) >= 11 is 0. The average Bonchev–Trinajstić information content (AvgIpc) is 2.69. The van der Waals surface area contributed by atoms with E-state index in [2.05, 4.69) is 10.6 Å². The maximum Gasteiger partial charge on any atom is 0.315 e. The molecule has 2 rings (SSSR count). The van der Waals surface area contributed by atoms with Crippen molar-refractivity contribution >= 4 is 22.1 Å². The van der Waals surface area contributed by atoms with Crippen LogP contribution in [0.5, 0.6) is 0 Å². The Kier molecular flexibility index (Phi) is 8.97. The largest absolute Gasteiger partial charge is 0.340 e. The molecule has 1 aliphatic carbocycles. The zero-order valence-electron chi connectivity index (χ0n) is 17.2. The quantitative estimate of drug-likeness (QED) is 0.608. The Bertz CT molecular complexity index is 609. The summed E-state index contributed by atoms with van der Waals surface area (Å²) in [6.07, 6.45) is 5.80. The SMILES string of the molecule is CCN(CC)S(=O)(=O)N1CCN(C(=O)CCNC(=O)NC2CCCCC2)CC1. The first-order valence-electron chi connectivity index (χ1n) is 10.5. The lowest BCUT2D eigenvalue weighted by Gasteiger charge is -2.36. The monoisotopic (exact) mass is 417 g/mol. The number of hydrogen-bond donors (Lipinski definition) is 2. The summed E-state index contributed by atoms with van der Waals surface area (Å²) in [4.78, 5) is 25.9. The summed E-state index contributed by atoms with van der Waals surface area (Å²) in [5.41, 5.74) is 0. The maximum atomic E-state index is 12.5. The molecule has 10 heteroatoms. The van der Waals surface area contributed by atoms with Gasteiger partial charge in [0.05, 0.1) is 0 Å². The van der Waals surface area contributed by atoms with Gasteiger partial charge in [-0.2, -0.15) is 17.0 Å². The maximum absolute atomic E-state index is 12.5. The molecule has 0 bridgehead atoms. The molecule has 9 nitrogen and oxygen atoms in total. The molecule has 162 valence electrons. The normalized spacial score (nSPS) is 19.6. The first-order chi connectivity index (χ1) is 13.4. The van der Waals surface area contributed by atoms with Gasteiger partial charge in [0, 0.05) is 58.3 Å². The van der Waals surface area contributed by atoms with E-state index in [-0.39, 0.29) is 30.9 Å². The van der Waals surface area contributed by atoms with Gasteiger partial charge in [-0.05, 0) is 12.8 Å². The van der Waals surface area contributed by atoms with Crippen molar-refractivity contribution in [2.45, 2.75) is 58.4 Å². The number of amides is 3. The highest BCUT2D eigenvalue weighted by molar-refractivity contribution is 7.86. The van der Waals surface area contributed by atoms with Crippen molar-refractivity contribution in [1.82, 2.24) is 24.1 Å². The van der Waals surface area contributed by atoms with Crippen LogP contribution >= 0.6 is 0 Å². The van der Waals surface area contributed by atoms with Crippen molar-refractivity contribution in [3.8, 4) is 0 Å². The minimum Gasteiger partial charge on any atom is -0.340 e. The van der Waals surface area contributed by atoms with E-state index in [0.717, 1.165) is 25.7 Å². The lowest BCUT2D eigenvalue weighted by Crippen LogP contribution is -2.54. The fourth-order valence-corrected chi connectivity index (χ4v) is 5.41. The smallest absolute Gasteiger partial charge is 0.315 e. The summed E-state index contributed by atoms with van der Waals surface area (Å²) in [5.74, 6) is -0.0575. The second-order valence-electron chi connectivity index (χ2n) is 7.36. The fourth-order valence-electron chi connectivity index (χ4n) is 3.81. The van der Waals surface area contributed by atoms with E-state index in [1.807, 2.05) is 13.8 Å². The van der Waals surface area contributed by atoms with Crippen LogP contribution in [-0.4, -0.2) is 85.7 Å². The molecule has 2 aliphatic rings. The number of nitrogens with one attached hydrogen (secondary N) is 2. The number of rotatable bonds is 8. The van der Waals surface area contributed by atoms with E-state index < -0.39 is 10.2 Å². The molecule has 0 aromatic carbocycles. The van der Waals surface area contributed by atoms with Crippen LogP contribution in [-0.2, 0) is 15.0 Å². The number of carbonyl (C=O) groups excluding carboxylic acids is 2. The lowest BCUT2D eigenvalue weighted by molar-refractivity contribution is -0.132. The van der Waals surface area contributed by atoms with Gasteiger partial charge in [0.15, 0.2) is 0 Å². The molecule has 28 heavy (non-hydrogen) atoms. The van der Waals surface area contributed by atoms with Gasteiger partial charge in [-0.25, -0.2) is 4.79 Å². The first kappa shape index (κ1) is 22.9. The van der Waals surface area contributed by atoms with Crippen molar-refractivity contribution in [1.29, 1.82) is 0 Å². The van der Waals surface area contributed by atoms with E-state index in [4.69, 9.17) is 0 Å². The van der Waals surface area contributed by atoms with Crippen molar-refractivity contribution in [2.75, 3.05) is 45.8 Å². The Hall–Kier alpha value is -1.39. The summed E-state index contributed by atoms with van der Waals surface area (Å²) in [6, 6.07) is 0.0279. The fraction of sp³-hybridized carbons (Fsp3) is 0.889. The zero-order valence-corrected chi connectivity index (χ0v) is 18.0. The van der Waals surface area contributed by atoms with Gasteiger partial charge >= 0.3 is 6.03 Å². The number of piperazine rings is 1. The predicted molar refractivity (Wildman–Crippen MR) is 108 cm³/mol. The summed E-state index contributed by atoms with van der Waals surface area (Å²) in [6.45, 7) is 6.17. The van der Waals surface area contributed by atoms with Crippen LogP contribution < -0.4 is 10.6 Å². The van der Waals surface area contributed by atoms with Crippen molar-refractivity contribution < 1.29 is 18.0 Å². The third-order valence-corrected chi connectivity index (χ3v) is 7.70. The number of carbonyl (C=O) groups is 2. The molecule has 0 radical (unpaired) electrons. The van der Waals surface area contributed by atoms with Crippen LogP contribution in [0.2, 0.25) is 0 Å². The third kappa shape index (κ3) is 6.31. The molecule has 1 saturated carbocycles. The first-order valence-corrected chi connectivity index (χ1v) is 11.9. The minimum absolute atomic E-state index is 0.0575. The molecule has 1 heterocycles. The van der Waals surface area contributed by atoms with Gasteiger partial charge in [0.25, 0.3) is 10.2 Å². The van der Waals surface area contributed by atoms with Crippen LogP contribution in [0.25, 0.3) is 0 Å². The Morgan fingerprint density at radius 1 is 1.00 bits per heavy atom. The van der Waals surface area contributed by atoms with Gasteiger partial charge in [-0.15, -0.1) is 0 Å². The molecule has 0 unspecified atom stereocenters. The second kappa shape index (κ2) is 11.0. The zero-order chi connectivity index (χ0) is 20.6. The van der Waals surface area contributed by atoms with E-state index in [0.29, 0.717) is 39.3 Å². The predicted octanol–water partition coefficient (Wildman–Crippen LogP) is 0.739. The molecule has 0 aromatic rings.